The summed E-state index contributed by atoms with van der Waals surface area (Å²) in [6, 6.07) is 0. The lowest BCUT2D eigenvalue weighted by atomic mass is 10.2. The fraction of sp³-hybridized carbons (Fsp3) is 0.900. The van der Waals surface area contributed by atoms with Crippen molar-refractivity contribution in [1.82, 2.24) is 5.32 Å². The number of carbonyl (C=O) groups excluding carboxylic acids is 1. The SMILES string of the molecule is CC.COC(=O)NC1(C)CC1CC(F)F. The Bertz CT molecular complexity index is 212. The third-order valence-corrected chi connectivity index (χ3v) is 2.45. The summed E-state index contributed by atoms with van der Waals surface area (Å²) in [4.78, 5) is 10.8. The van der Waals surface area contributed by atoms with Gasteiger partial charge in [-0.25, -0.2) is 13.6 Å². The molecule has 5 heteroatoms. The van der Waals surface area contributed by atoms with Gasteiger partial charge in [-0.3, -0.25) is 0 Å². The standard InChI is InChI=1S/C8H13F2NO2.C2H6/c1-8(11-7(12)13-2)4-5(8)3-6(9)10;1-2/h5-6H,3-4H2,1-2H3,(H,11,12);1-2H3. The molecule has 3 nitrogen and oxygen atoms in total. The van der Waals surface area contributed by atoms with Crippen LogP contribution in [0.5, 0.6) is 0 Å². The number of ether oxygens (including phenoxy) is 1. The Kier molecular flexibility index (Phi) is 5.54. The van der Waals surface area contributed by atoms with Crippen molar-refractivity contribution < 1.29 is 18.3 Å². The third kappa shape index (κ3) is 4.44. The van der Waals surface area contributed by atoms with Gasteiger partial charge in [-0.15, -0.1) is 0 Å². The van der Waals surface area contributed by atoms with Crippen LogP contribution in [0.25, 0.3) is 0 Å². The Morgan fingerprint density at radius 1 is 1.60 bits per heavy atom. The summed E-state index contributed by atoms with van der Waals surface area (Å²) >= 11 is 0. The molecule has 90 valence electrons. The first-order valence-corrected chi connectivity index (χ1v) is 5.12. The smallest absolute Gasteiger partial charge is 0.407 e. The number of amides is 1. The molecule has 1 rings (SSSR count). The minimum Gasteiger partial charge on any atom is -0.453 e. The van der Waals surface area contributed by atoms with E-state index < -0.39 is 18.1 Å². The van der Waals surface area contributed by atoms with E-state index in [2.05, 4.69) is 10.1 Å². The molecule has 0 aromatic heterocycles. The summed E-state index contributed by atoms with van der Waals surface area (Å²) in [6.07, 6.45) is -2.40. The van der Waals surface area contributed by atoms with Crippen LogP contribution in [0.2, 0.25) is 0 Å². The van der Waals surface area contributed by atoms with Crippen LogP contribution in [0.1, 0.15) is 33.6 Å². The highest BCUT2D eigenvalue weighted by Crippen LogP contribution is 2.46. The molecule has 0 spiro atoms. The lowest BCUT2D eigenvalue weighted by molar-refractivity contribution is 0.124. The van der Waals surface area contributed by atoms with Crippen LogP contribution in [-0.2, 0) is 4.74 Å². The van der Waals surface area contributed by atoms with Crippen LogP contribution in [0.4, 0.5) is 13.6 Å². The number of methoxy groups -OCH3 is 1. The van der Waals surface area contributed by atoms with Crippen molar-refractivity contribution in [3.05, 3.63) is 0 Å². The molecular formula is C10H19F2NO2. The lowest BCUT2D eigenvalue weighted by Gasteiger charge is -2.12. The monoisotopic (exact) mass is 223 g/mol. The predicted molar refractivity (Wildman–Crippen MR) is 54.0 cm³/mol. The molecule has 2 unspecified atom stereocenters. The number of hydrogen-bond donors (Lipinski definition) is 1. The molecule has 0 aliphatic heterocycles. The van der Waals surface area contributed by atoms with Gasteiger partial charge in [-0.1, -0.05) is 13.8 Å². The van der Waals surface area contributed by atoms with Crippen molar-refractivity contribution >= 4 is 6.09 Å². The van der Waals surface area contributed by atoms with E-state index in [0.717, 1.165) is 0 Å². The van der Waals surface area contributed by atoms with Gasteiger partial charge in [0.05, 0.1) is 7.11 Å². The van der Waals surface area contributed by atoms with Gasteiger partial charge < -0.3 is 10.1 Å². The topological polar surface area (TPSA) is 38.3 Å². The number of halogens is 2. The van der Waals surface area contributed by atoms with Crippen LogP contribution in [0, 0.1) is 5.92 Å². The Morgan fingerprint density at radius 2 is 2.13 bits per heavy atom. The minimum absolute atomic E-state index is 0.119. The first-order valence-electron chi connectivity index (χ1n) is 5.12. The largest absolute Gasteiger partial charge is 0.453 e. The van der Waals surface area contributed by atoms with Crippen LogP contribution in [-0.4, -0.2) is 25.2 Å². The van der Waals surface area contributed by atoms with E-state index in [1.807, 2.05) is 13.8 Å². The third-order valence-electron chi connectivity index (χ3n) is 2.45. The van der Waals surface area contributed by atoms with Crippen molar-refractivity contribution in [3.63, 3.8) is 0 Å². The maximum absolute atomic E-state index is 11.9. The fourth-order valence-electron chi connectivity index (χ4n) is 1.45. The van der Waals surface area contributed by atoms with E-state index >= 15 is 0 Å². The Hall–Kier alpha value is -0.870. The zero-order valence-corrected chi connectivity index (χ0v) is 9.64. The highest BCUT2D eigenvalue weighted by atomic mass is 19.3. The second-order valence-electron chi connectivity index (χ2n) is 3.56. The maximum atomic E-state index is 11.9. The summed E-state index contributed by atoms with van der Waals surface area (Å²) in [7, 11) is 1.25. The molecule has 1 aliphatic rings. The number of alkyl halides is 2. The van der Waals surface area contributed by atoms with Crippen LogP contribution < -0.4 is 5.32 Å². The van der Waals surface area contributed by atoms with Crippen molar-refractivity contribution in [1.29, 1.82) is 0 Å². The van der Waals surface area contributed by atoms with Crippen LogP contribution >= 0.6 is 0 Å². The van der Waals surface area contributed by atoms with E-state index in [0.29, 0.717) is 6.42 Å². The van der Waals surface area contributed by atoms with E-state index in [1.54, 1.807) is 6.92 Å². The molecule has 0 heterocycles. The normalized spacial score (nSPS) is 27.8. The molecule has 0 aromatic rings. The van der Waals surface area contributed by atoms with Gasteiger partial charge in [0.15, 0.2) is 0 Å². The highest BCUT2D eigenvalue weighted by molar-refractivity contribution is 5.68. The molecule has 0 radical (unpaired) electrons. The average molecular weight is 223 g/mol. The molecule has 1 fully saturated rings. The van der Waals surface area contributed by atoms with E-state index in [4.69, 9.17) is 0 Å². The molecule has 1 aliphatic carbocycles. The van der Waals surface area contributed by atoms with Crippen molar-refractivity contribution in [2.45, 2.75) is 45.6 Å². The Morgan fingerprint density at radius 3 is 2.53 bits per heavy atom. The number of hydrogen-bond acceptors (Lipinski definition) is 2. The van der Waals surface area contributed by atoms with Gasteiger partial charge in [0, 0.05) is 12.0 Å². The first-order chi connectivity index (χ1) is 6.98. The number of alkyl carbamates (subject to hydrolysis) is 1. The summed E-state index contributed by atoms with van der Waals surface area (Å²) in [5, 5.41) is 2.54. The molecule has 1 saturated carbocycles. The van der Waals surface area contributed by atoms with Gasteiger partial charge in [0.1, 0.15) is 0 Å². The molecule has 1 amide bonds. The minimum atomic E-state index is -2.30. The average Bonchev–Trinajstić information content (AvgIpc) is 2.78. The zero-order valence-electron chi connectivity index (χ0n) is 9.64. The summed E-state index contributed by atoms with van der Waals surface area (Å²) in [6.45, 7) is 5.75. The van der Waals surface area contributed by atoms with Gasteiger partial charge in [-0.2, -0.15) is 0 Å². The second-order valence-corrected chi connectivity index (χ2v) is 3.56. The molecule has 1 N–H and O–H groups in total. The number of nitrogens with one attached hydrogen (secondary N) is 1. The highest BCUT2D eigenvalue weighted by Gasteiger charge is 2.52. The van der Waals surface area contributed by atoms with Crippen molar-refractivity contribution in [3.8, 4) is 0 Å². The predicted octanol–water partition coefficient (Wildman–Crippen LogP) is 2.80. The molecular weight excluding hydrogens is 204 g/mol. The first kappa shape index (κ1) is 14.1. The quantitative estimate of drug-likeness (QED) is 0.799. The fourth-order valence-corrected chi connectivity index (χ4v) is 1.45. The molecule has 0 bridgehead atoms. The van der Waals surface area contributed by atoms with Crippen molar-refractivity contribution in [2.24, 2.45) is 5.92 Å². The number of carbonyl (C=O) groups is 1. The van der Waals surface area contributed by atoms with Gasteiger partial charge >= 0.3 is 6.09 Å². The molecule has 15 heavy (non-hydrogen) atoms. The van der Waals surface area contributed by atoms with Crippen molar-refractivity contribution in [2.75, 3.05) is 7.11 Å². The lowest BCUT2D eigenvalue weighted by Crippen LogP contribution is -2.36. The number of rotatable bonds is 3. The molecule has 0 saturated heterocycles. The van der Waals surface area contributed by atoms with Gasteiger partial charge in [-0.05, 0) is 19.3 Å². The van der Waals surface area contributed by atoms with Crippen LogP contribution in [0.3, 0.4) is 0 Å². The Labute approximate surface area is 89.2 Å². The Balaban J connectivity index is 0.000000921. The van der Waals surface area contributed by atoms with E-state index in [-0.39, 0.29) is 12.3 Å². The van der Waals surface area contributed by atoms with Gasteiger partial charge in [0.2, 0.25) is 6.43 Å². The van der Waals surface area contributed by atoms with E-state index in [1.165, 1.54) is 7.11 Å². The summed E-state index contributed by atoms with van der Waals surface area (Å²) < 4.78 is 28.3. The molecule has 0 aromatic carbocycles. The second kappa shape index (κ2) is 5.88. The summed E-state index contributed by atoms with van der Waals surface area (Å²) in [5.74, 6) is -0.119. The van der Waals surface area contributed by atoms with Gasteiger partial charge in [0.25, 0.3) is 0 Å². The van der Waals surface area contributed by atoms with Crippen LogP contribution in [0.15, 0.2) is 0 Å². The summed E-state index contributed by atoms with van der Waals surface area (Å²) in [5.41, 5.74) is -0.483. The van der Waals surface area contributed by atoms with E-state index in [9.17, 15) is 13.6 Å². The molecule has 2 atom stereocenters. The zero-order chi connectivity index (χ0) is 12.1. The maximum Gasteiger partial charge on any atom is 0.407 e.